The molecule has 140 valence electrons. The minimum absolute atomic E-state index is 0.746. The second-order valence-electron chi connectivity index (χ2n) is 7.76. The quantitative estimate of drug-likeness (QED) is 0.529. The second-order valence-corrected chi connectivity index (χ2v) is 7.76. The number of aryl methyl sites for hydroxylation is 1. The van der Waals surface area contributed by atoms with E-state index in [-0.39, 0.29) is 0 Å². The molecule has 2 heteroatoms. The van der Waals surface area contributed by atoms with E-state index in [1.165, 1.54) is 56.1 Å². The van der Waals surface area contributed by atoms with Crippen molar-refractivity contribution in [3.05, 3.63) is 48.2 Å². The topological polar surface area (TPSA) is 22.1 Å². The van der Waals surface area contributed by atoms with Crippen LogP contribution in [0.1, 0.15) is 64.4 Å². The molecular formula is C24H33NO. The van der Waals surface area contributed by atoms with Gasteiger partial charge >= 0.3 is 0 Å². The average molecular weight is 352 g/mol. The van der Waals surface area contributed by atoms with Crippen LogP contribution < -0.4 is 4.74 Å². The van der Waals surface area contributed by atoms with Crippen molar-refractivity contribution >= 4 is 0 Å². The molecule has 1 fully saturated rings. The van der Waals surface area contributed by atoms with Gasteiger partial charge in [0.2, 0.25) is 0 Å². The molecule has 2 nitrogen and oxygen atoms in total. The van der Waals surface area contributed by atoms with Crippen LogP contribution in [0.3, 0.4) is 0 Å². The summed E-state index contributed by atoms with van der Waals surface area (Å²) in [7, 11) is 0. The summed E-state index contributed by atoms with van der Waals surface area (Å²) in [6.07, 6.45) is 12.5. The Balaban J connectivity index is 1.50. The van der Waals surface area contributed by atoms with Crippen LogP contribution in [0.15, 0.2) is 42.6 Å². The monoisotopic (exact) mass is 351 g/mol. The number of nitrogens with zero attached hydrogens (tertiary/aromatic N) is 1. The smallest absolute Gasteiger partial charge is 0.137 e. The first-order valence-electron chi connectivity index (χ1n) is 10.5. The SMILES string of the molecule is CCCOc1ccc(-c2ccc(CC[C@H]3CC[C@H](CC)CC3)cc2)nc1. The van der Waals surface area contributed by atoms with Gasteiger partial charge in [0.05, 0.1) is 18.5 Å². The molecule has 0 aliphatic heterocycles. The molecule has 0 N–H and O–H groups in total. The molecule has 1 aliphatic carbocycles. The van der Waals surface area contributed by atoms with E-state index in [1.54, 1.807) is 0 Å². The van der Waals surface area contributed by atoms with Crippen molar-refractivity contribution in [3.63, 3.8) is 0 Å². The molecule has 0 amide bonds. The Morgan fingerprint density at radius 1 is 0.923 bits per heavy atom. The highest BCUT2D eigenvalue weighted by molar-refractivity contribution is 5.59. The number of rotatable bonds is 8. The molecule has 0 radical (unpaired) electrons. The van der Waals surface area contributed by atoms with E-state index in [0.29, 0.717) is 0 Å². The Morgan fingerprint density at radius 3 is 2.27 bits per heavy atom. The van der Waals surface area contributed by atoms with Crippen molar-refractivity contribution in [2.45, 2.75) is 65.2 Å². The zero-order chi connectivity index (χ0) is 18.2. The Kier molecular flexibility index (Phi) is 7.11. The molecule has 1 aromatic carbocycles. The van der Waals surface area contributed by atoms with Crippen LogP contribution >= 0.6 is 0 Å². The van der Waals surface area contributed by atoms with Crippen LogP contribution in [0.5, 0.6) is 5.75 Å². The predicted octanol–water partition coefficient (Wildman–Crippen LogP) is 6.69. The number of hydrogen-bond donors (Lipinski definition) is 0. The van der Waals surface area contributed by atoms with Crippen molar-refractivity contribution in [1.82, 2.24) is 4.98 Å². The second kappa shape index (κ2) is 9.75. The van der Waals surface area contributed by atoms with E-state index >= 15 is 0 Å². The molecular weight excluding hydrogens is 318 g/mol. The maximum atomic E-state index is 5.61. The van der Waals surface area contributed by atoms with Gasteiger partial charge in [-0.05, 0) is 48.8 Å². The van der Waals surface area contributed by atoms with E-state index < -0.39 is 0 Å². The fourth-order valence-electron chi connectivity index (χ4n) is 4.00. The van der Waals surface area contributed by atoms with Crippen LogP contribution in [-0.2, 0) is 6.42 Å². The first kappa shape index (κ1) is 18.9. The lowest BCUT2D eigenvalue weighted by Gasteiger charge is -2.27. The van der Waals surface area contributed by atoms with Gasteiger partial charge in [-0.2, -0.15) is 0 Å². The molecule has 0 saturated heterocycles. The maximum absolute atomic E-state index is 5.61. The molecule has 0 bridgehead atoms. The van der Waals surface area contributed by atoms with E-state index in [1.807, 2.05) is 18.3 Å². The van der Waals surface area contributed by atoms with Crippen molar-refractivity contribution in [3.8, 4) is 17.0 Å². The van der Waals surface area contributed by atoms with Gasteiger partial charge < -0.3 is 4.74 Å². The Morgan fingerprint density at radius 2 is 1.65 bits per heavy atom. The summed E-state index contributed by atoms with van der Waals surface area (Å²) in [6.45, 7) is 5.20. The number of pyridine rings is 1. The molecule has 3 rings (SSSR count). The summed E-state index contributed by atoms with van der Waals surface area (Å²) >= 11 is 0. The fourth-order valence-corrected chi connectivity index (χ4v) is 4.00. The highest BCUT2D eigenvalue weighted by Gasteiger charge is 2.19. The maximum Gasteiger partial charge on any atom is 0.137 e. The predicted molar refractivity (Wildman–Crippen MR) is 110 cm³/mol. The van der Waals surface area contributed by atoms with Gasteiger partial charge in [0.1, 0.15) is 5.75 Å². The van der Waals surface area contributed by atoms with Crippen molar-refractivity contribution in [2.24, 2.45) is 11.8 Å². The molecule has 0 spiro atoms. The number of aromatic nitrogens is 1. The molecule has 1 heterocycles. The highest BCUT2D eigenvalue weighted by Crippen LogP contribution is 2.33. The molecule has 1 aromatic heterocycles. The third-order valence-corrected chi connectivity index (χ3v) is 5.84. The van der Waals surface area contributed by atoms with Crippen LogP contribution in [-0.4, -0.2) is 11.6 Å². The van der Waals surface area contributed by atoms with Gasteiger partial charge in [-0.3, -0.25) is 4.98 Å². The summed E-state index contributed by atoms with van der Waals surface area (Å²) in [5.41, 5.74) is 3.65. The van der Waals surface area contributed by atoms with Gasteiger partial charge in [-0.25, -0.2) is 0 Å². The lowest BCUT2D eigenvalue weighted by atomic mass is 9.78. The largest absolute Gasteiger partial charge is 0.492 e. The lowest BCUT2D eigenvalue weighted by molar-refractivity contribution is 0.259. The van der Waals surface area contributed by atoms with Gasteiger partial charge in [0, 0.05) is 5.56 Å². The minimum atomic E-state index is 0.746. The third kappa shape index (κ3) is 5.33. The van der Waals surface area contributed by atoms with Gasteiger partial charge in [0.15, 0.2) is 0 Å². The van der Waals surface area contributed by atoms with Crippen LogP contribution in [0.4, 0.5) is 0 Å². The molecule has 0 unspecified atom stereocenters. The first-order chi connectivity index (χ1) is 12.8. The Bertz CT molecular complexity index is 639. The van der Waals surface area contributed by atoms with E-state index in [0.717, 1.165) is 36.3 Å². The summed E-state index contributed by atoms with van der Waals surface area (Å²) in [4.78, 5) is 4.54. The zero-order valence-electron chi connectivity index (χ0n) is 16.4. The average Bonchev–Trinajstić information content (AvgIpc) is 2.72. The molecule has 1 aliphatic rings. The van der Waals surface area contributed by atoms with Crippen LogP contribution in [0, 0.1) is 11.8 Å². The summed E-state index contributed by atoms with van der Waals surface area (Å²) in [5, 5.41) is 0. The van der Waals surface area contributed by atoms with Gasteiger partial charge in [-0.1, -0.05) is 70.2 Å². The molecule has 2 aromatic rings. The molecule has 26 heavy (non-hydrogen) atoms. The number of hydrogen-bond acceptors (Lipinski definition) is 2. The zero-order valence-corrected chi connectivity index (χ0v) is 16.4. The third-order valence-electron chi connectivity index (χ3n) is 5.84. The van der Waals surface area contributed by atoms with Crippen LogP contribution in [0.2, 0.25) is 0 Å². The normalized spacial score (nSPS) is 20.1. The van der Waals surface area contributed by atoms with E-state index in [2.05, 4.69) is 43.1 Å². The van der Waals surface area contributed by atoms with E-state index in [9.17, 15) is 0 Å². The standard InChI is InChI=1S/C24H33NO/c1-3-17-26-23-15-16-24(25-18-23)22-13-11-21(12-14-22)10-9-20-7-5-19(4-2)6-8-20/h11-16,18-20H,3-10,17H2,1-2H3/t19-,20-. The van der Waals surface area contributed by atoms with E-state index in [4.69, 9.17) is 4.74 Å². The molecule has 0 atom stereocenters. The Labute approximate surface area is 159 Å². The van der Waals surface area contributed by atoms with Crippen molar-refractivity contribution in [1.29, 1.82) is 0 Å². The molecule has 1 saturated carbocycles. The summed E-state index contributed by atoms with van der Waals surface area (Å²) in [6, 6.07) is 13.0. The first-order valence-corrected chi connectivity index (χ1v) is 10.5. The Hall–Kier alpha value is -1.83. The number of benzene rings is 1. The summed E-state index contributed by atoms with van der Waals surface area (Å²) < 4.78 is 5.61. The highest BCUT2D eigenvalue weighted by atomic mass is 16.5. The van der Waals surface area contributed by atoms with Gasteiger partial charge in [0.25, 0.3) is 0 Å². The van der Waals surface area contributed by atoms with Crippen molar-refractivity contribution in [2.75, 3.05) is 6.61 Å². The lowest BCUT2D eigenvalue weighted by Crippen LogP contribution is -2.14. The minimum Gasteiger partial charge on any atom is -0.492 e. The fraction of sp³-hybridized carbons (Fsp3) is 0.542. The summed E-state index contributed by atoms with van der Waals surface area (Å²) in [5.74, 6) is 2.79. The number of ether oxygens (including phenoxy) is 1. The van der Waals surface area contributed by atoms with Crippen molar-refractivity contribution < 1.29 is 4.74 Å². The van der Waals surface area contributed by atoms with Crippen LogP contribution in [0.25, 0.3) is 11.3 Å². The van der Waals surface area contributed by atoms with Gasteiger partial charge in [-0.15, -0.1) is 0 Å².